The molecule has 3 saturated carbocycles. The molecular weight excluding hydrogens is 182 g/mol. The van der Waals surface area contributed by atoms with E-state index in [1.54, 1.807) is 0 Å². The summed E-state index contributed by atoms with van der Waals surface area (Å²) >= 11 is 0. The number of nitrogens with one attached hydrogen (secondary N) is 1. The van der Waals surface area contributed by atoms with E-state index in [9.17, 15) is 0 Å². The second-order valence-corrected chi connectivity index (χ2v) is 6.28. The summed E-state index contributed by atoms with van der Waals surface area (Å²) in [5.41, 5.74) is 0. The first-order chi connectivity index (χ1) is 7.33. The number of fused-ring (bicyclic) bond motifs is 2. The first-order valence-corrected chi connectivity index (χ1v) is 7.09. The summed E-state index contributed by atoms with van der Waals surface area (Å²) in [4.78, 5) is 0. The fourth-order valence-corrected chi connectivity index (χ4v) is 4.38. The van der Waals surface area contributed by atoms with Gasteiger partial charge in [-0.2, -0.15) is 0 Å². The molecule has 86 valence electrons. The van der Waals surface area contributed by atoms with Crippen LogP contribution in [0, 0.1) is 17.8 Å². The van der Waals surface area contributed by atoms with E-state index in [1.807, 2.05) is 0 Å². The van der Waals surface area contributed by atoms with E-state index in [0.29, 0.717) is 0 Å². The summed E-state index contributed by atoms with van der Waals surface area (Å²) in [7, 11) is 0. The Kier molecular flexibility index (Phi) is 2.76. The molecular formula is C14H25N. The van der Waals surface area contributed by atoms with Crippen LogP contribution in [0.4, 0.5) is 0 Å². The lowest BCUT2D eigenvalue weighted by Gasteiger charge is -2.29. The Morgan fingerprint density at radius 2 is 1.80 bits per heavy atom. The van der Waals surface area contributed by atoms with Gasteiger partial charge >= 0.3 is 0 Å². The molecule has 0 aliphatic heterocycles. The van der Waals surface area contributed by atoms with Gasteiger partial charge in [0, 0.05) is 12.1 Å². The van der Waals surface area contributed by atoms with Gasteiger partial charge in [0.2, 0.25) is 0 Å². The lowest BCUT2D eigenvalue weighted by molar-refractivity contribution is 0.279. The molecule has 1 N–H and O–H groups in total. The van der Waals surface area contributed by atoms with Crippen molar-refractivity contribution in [3.8, 4) is 0 Å². The third-order valence-electron chi connectivity index (χ3n) is 5.32. The van der Waals surface area contributed by atoms with Crippen LogP contribution >= 0.6 is 0 Å². The fourth-order valence-electron chi connectivity index (χ4n) is 4.38. The van der Waals surface area contributed by atoms with Crippen LogP contribution in [0.5, 0.6) is 0 Å². The van der Waals surface area contributed by atoms with Crippen LogP contribution < -0.4 is 5.32 Å². The average molecular weight is 207 g/mol. The standard InChI is InChI=1S/C14H25N/c1-10(12-4-2-3-5-12)15-14-9-11-6-7-13(14)8-11/h10-15H,2-9H2,1H3. The highest BCUT2D eigenvalue weighted by atomic mass is 15.0. The first kappa shape index (κ1) is 10.1. The molecule has 0 radical (unpaired) electrons. The summed E-state index contributed by atoms with van der Waals surface area (Å²) in [6.45, 7) is 2.43. The van der Waals surface area contributed by atoms with Gasteiger partial charge in [-0.3, -0.25) is 0 Å². The summed E-state index contributed by atoms with van der Waals surface area (Å²) < 4.78 is 0. The summed E-state index contributed by atoms with van der Waals surface area (Å²) in [5, 5.41) is 3.95. The molecule has 3 rings (SSSR count). The molecule has 2 bridgehead atoms. The van der Waals surface area contributed by atoms with Crippen molar-refractivity contribution in [2.24, 2.45) is 17.8 Å². The second-order valence-electron chi connectivity index (χ2n) is 6.28. The van der Waals surface area contributed by atoms with Crippen molar-refractivity contribution >= 4 is 0 Å². The summed E-state index contributed by atoms with van der Waals surface area (Å²) in [6.07, 6.45) is 12.0. The quantitative estimate of drug-likeness (QED) is 0.748. The third kappa shape index (κ3) is 1.95. The van der Waals surface area contributed by atoms with E-state index in [2.05, 4.69) is 12.2 Å². The zero-order valence-electron chi connectivity index (χ0n) is 10.0. The van der Waals surface area contributed by atoms with Gasteiger partial charge in [0.1, 0.15) is 0 Å². The normalized spacial score (nSPS) is 42.6. The van der Waals surface area contributed by atoms with Gasteiger partial charge in [0.15, 0.2) is 0 Å². The molecule has 0 aromatic heterocycles. The SMILES string of the molecule is CC(NC1CC2CCC1C2)C1CCCC1. The Labute approximate surface area is 94.0 Å². The Balaban J connectivity index is 1.52. The van der Waals surface area contributed by atoms with Crippen molar-refractivity contribution in [2.45, 2.75) is 70.4 Å². The van der Waals surface area contributed by atoms with Gasteiger partial charge in [-0.15, -0.1) is 0 Å². The van der Waals surface area contributed by atoms with Crippen molar-refractivity contribution in [2.75, 3.05) is 0 Å². The zero-order valence-corrected chi connectivity index (χ0v) is 10.0. The maximum atomic E-state index is 3.95. The molecule has 3 aliphatic rings. The van der Waals surface area contributed by atoms with E-state index in [1.165, 1.54) is 51.4 Å². The van der Waals surface area contributed by atoms with Crippen molar-refractivity contribution in [1.82, 2.24) is 5.32 Å². The van der Waals surface area contributed by atoms with E-state index in [-0.39, 0.29) is 0 Å². The molecule has 3 aliphatic carbocycles. The van der Waals surface area contributed by atoms with Crippen LogP contribution in [0.25, 0.3) is 0 Å². The minimum absolute atomic E-state index is 0.789. The molecule has 4 unspecified atom stereocenters. The molecule has 1 nitrogen and oxygen atoms in total. The van der Waals surface area contributed by atoms with E-state index < -0.39 is 0 Å². The maximum Gasteiger partial charge on any atom is 0.0101 e. The second kappa shape index (κ2) is 4.08. The fraction of sp³-hybridized carbons (Fsp3) is 1.00. The Morgan fingerprint density at radius 3 is 2.40 bits per heavy atom. The predicted octanol–water partition coefficient (Wildman–Crippen LogP) is 3.34. The van der Waals surface area contributed by atoms with E-state index in [4.69, 9.17) is 0 Å². The number of rotatable bonds is 3. The molecule has 4 atom stereocenters. The van der Waals surface area contributed by atoms with E-state index >= 15 is 0 Å². The average Bonchev–Trinajstić information content (AvgIpc) is 2.95. The zero-order chi connectivity index (χ0) is 10.3. The summed E-state index contributed by atoms with van der Waals surface area (Å²) in [6, 6.07) is 1.68. The Hall–Kier alpha value is -0.0400. The molecule has 1 heteroatoms. The molecule has 0 spiro atoms. The van der Waals surface area contributed by atoms with Crippen LogP contribution in [-0.2, 0) is 0 Å². The minimum atomic E-state index is 0.789. The van der Waals surface area contributed by atoms with Crippen LogP contribution in [-0.4, -0.2) is 12.1 Å². The monoisotopic (exact) mass is 207 g/mol. The van der Waals surface area contributed by atoms with Crippen LogP contribution in [0.3, 0.4) is 0 Å². The van der Waals surface area contributed by atoms with E-state index in [0.717, 1.165) is 29.8 Å². The largest absolute Gasteiger partial charge is 0.311 e. The van der Waals surface area contributed by atoms with Crippen molar-refractivity contribution < 1.29 is 0 Å². The molecule has 0 aromatic rings. The minimum Gasteiger partial charge on any atom is -0.311 e. The highest BCUT2D eigenvalue weighted by Gasteiger charge is 2.40. The molecule has 0 saturated heterocycles. The number of hydrogen-bond donors (Lipinski definition) is 1. The van der Waals surface area contributed by atoms with Gasteiger partial charge in [-0.1, -0.05) is 19.3 Å². The molecule has 0 heterocycles. The summed E-state index contributed by atoms with van der Waals surface area (Å²) in [5.74, 6) is 3.12. The van der Waals surface area contributed by atoms with Gasteiger partial charge < -0.3 is 5.32 Å². The van der Waals surface area contributed by atoms with Gasteiger partial charge in [-0.05, 0) is 56.8 Å². The van der Waals surface area contributed by atoms with Gasteiger partial charge in [0.25, 0.3) is 0 Å². The van der Waals surface area contributed by atoms with Crippen LogP contribution in [0.2, 0.25) is 0 Å². The van der Waals surface area contributed by atoms with Crippen LogP contribution in [0.15, 0.2) is 0 Å². The van der Waals surface area contributed by atoms with Crippen LogP contribution in [0.1, 0.15) is 58.3 Å². The molecule has 15 heavy (non-hydrogen) atoms. The molecule has 0 aromatic carbocycles. The smallest absolute Gasteiger partial charge is 0.0101 e. The van der Waals surface area contributed by atoms with Gasteiger partial charge in [0.05, 0.1) is 0 Å². The maximum absolute atomic E-state index is 3.95. The Bertz CT molecular complexity index is 219. The highest BCUT2D eigenvalue weighted by molar-refractivity contribution is 4.95. The Morgan fingerprint density at radius 1 is 1.00 bits per heavy atom. The first-order valence-electron chi connectivity index (χ1n) is 7.09. The molecule has 3 fully saturated rings. The lowest BCUT2D eigenvalue weighted by Crippen LogP contribution is -2.43. The predicted molar refractivity (Wildman–Crippen MR) is 63.8 cm³/mol. The van der Waals surface area contributed by atoms with Gasteiger partial charge in [-0.25, -0.2) is 0 Å². The lowest BCUT2D eigenvalue weighted by atomic mass is 9.92. The molecule has 0 amide bonds. The van der Waals surface area contributed by atoms with Crippen molar-refractivity contribution in [1.29, 1.82) is 0 Å². The topological polar surface area (TPSA) is 12.0 Å². The van der Waals surface area contributed by atoms with Crippen molar-refractivity contribution in [3.05, 3.63) is 0 Å². The third-order valence-corrected chi connectivity index (χ3v) is 5.32. The number of hydrogen-bond acceptors (Lipinski definition) is 1. The van der Waals surface area contributed by atoms with Crippen molar-refractivity contribution in [3.63, 3.8) is 0 Å². The highest BCUT2D eigenvalue weighted by Crippen LogP contribution is 2.45.